The van der Waals surface area contributed by atoms with Crippen LogP contribution in [0.1, 0.15) is 93.0 Å². The molecule has 0 amide bonds. The summed E-state index contributed by atoms with van der Waals surface area (Å²) >= 11 is 0. The summed E-state index contributed by atoms with van der Waals surface area (Å²) in [6.07, 6.45) is 4.51. The van der Waals surface area contributed by atoms with Crippen molar-refractivity contribution in [2.24, 2.45) is 4.99 Å². The maximum Gasteiger partial charge on any atom is 0.219 e. The van der Waals surface area contributed by atoms with Gasteiger partial charge in [0.05, 0.1) is 11.4 Å². The Bertz CT molecular complexity index is 2200. The van der Waals surface area contributed by atoms with Crippen molar-refractivity contribution in [3.8, 4) is 11.6 Å². The fourth-order valence-corrected chi connectivity index (χ4v) is 7.96. The predicted octanol–water partition coefficient (Wildman–Crippen LogP) is 10.3. The predicted molar refractivity (Wildman–Crippen MR) is 197 cm³/mol. The minimum absolute atomic E-state index is 0.0149. The van der Waals surface area contributed by atoms with E-state index in [4.69, 9.17) is 19.5 Å². The monoisotopic (exact) mass is 648 g/mol. The molecule has 0 saturated heterocycles. The van der Waals surface area contributed by atoms with E-state index in [0.717, 1.165) is 29.2 Å². The van der Waals surface area contributed by atoms with E-state index in [0.29, 0.717) is 17.5 Å². The molecule has 6 heteroatoms. The van der Waals surface area contributed by atoms with E-state index in [2.05, 4.69) is 133 Å². The average molecular weight is 649 g/mol. The molecule has 0 spiro atoms. The number of hydrogen-bond acceptors (Lipinski definition) is 6. The van der Waals surface area contributed by atoms with Crippen LogP contribution < -0.4 is 9.64 Å². The van der Waals surface area contributed by atoms with Crippen LogP contribution in [0.25, 0.3) is 0 Å². The Kier molecular flexibility index (Phi) is 6.72. The van der Waals surface area contributed by atoms with Crippen LogP contribution in [0, 0.1) is 13.8 Å². The molecule has 2 atom stereocenters. The van der Waals surface area contributed by atoms with E-state index < -0.39 is 11.1 Å². The van der Waals surface area contributed by atoms with Gasteiger partial charge in [0, 0.05) is 41.9 Å². The van der Waals surface area contributed by atoms with Gasteiger partial charge in [-0.25, -0.2) is 15.0 Å². The Morgan fingerprint density at radius 1 is 0.776 bits per heavy atom. The van der Waals surface area contributed by atoms with Crippen LogP contribution in [0.3, 0.4) is 0 Å². The van der Waals surface area contributed by atoms with Gasteiger partial charge < -0.3 is 9.47 Å². The van der Waals surface area contributed by atoms with E-state index in [1.54, 1.807) is 6.20 Å². The fraction of sp³-hybridized carbons (Fsp3) is 0.326. The fourth-order valence-electron chi connectivity index (χ4n) is 7.96. The van der Waals surface area contributed by atoms with Gasteiger partial charge in [0.1, 0.15) is 22.7 Å². The molecular formula is C43H44N4O2. The van der Waals surface area contributed by atoms with Crippen molar-refractivity contribution >= 4 is 23.1 Å². The van der Waals surface area contributed by atoms with Crippen LogP contribution >= 0.6 is 0 Å². The Labute approximate surface area is 289 Å². The highest BCUT2D eigenvalue weighted by molar-refractivity contribution is 5.97. The Balaban J connectivity index is 1.16. The maximum absolute atomic E-state index is 6.72. The van der Waals surface area contributed by atoms with Crippen molar-refractivity contribution in [3.05, 3.63) is 136 Å². The standard InChI is InChI=1S/C43H44N4O2/c1-26-14-16-32-31(27(26)2)25-42(8)43(32,9)46-39(49-42)28-18-20-45-38(22-28)48-30-15-17-34-36(24-30)47(35-13-11-10-12-33(35)41(34,6)7)37-23-29(19-21-44-37)40(3,4)5/h10-24H,25H2,1-9H3/t42-,43+/m0/s1. The molecule has 0 fully saturated rings. The van der Waals surface area contributed by atoms with Crippen molar-refractivity contribution in [1.82, 2.24) is 9.97 Å². The van der Waals surface area contributed by atoms with Crippen LogP contribution in [0.4, 0.5) is 17.2 Å². The van der Waals surface area contributed by atoms with Gasteiger partial charge in [-0.05, 0) is 102 Å². The van der Waals surface area contributed by atoms with Gasteiger partial charge in [0.2, 0.25) is 11.8 Å². The number of aryl methyl sites for hydroxylation is 1. The highest BCUT2D eigenvalue weighted by Gasteiger charge is 2.59. The summed E-state index contributed by atoms with van der Waals surface area (Å²) in [7, 11) is 0. The number of aliphatic imine (C=N–C) groups is 1. The summed E-state index contributed by atoms with van der Waals surface area (Å²) in [4.78, 5) is 17.0. The van der Waals surface area contributed by atoms with Crippen LogP contribution in [-0.2, 0) is 27.5 Å². The topological polar surface area (TPSA) is 59.8 Å². The molecular weight excluding hydrogens is 604 g/mol. The molecule has 4 heterocycles. The highest BCUT2D eigenvalue weighted by atomic mass is 16.5. The molecule has 2 aromatic heterocycles. The number of benzene rings is 3. The van der Waals surface area contributed by atoms with E-state index >= 15 is 0 Å². The molecule has 2 aliphatic heterocycles. The lowest BCUT2D eigenvalue weighted by Crippen LogP contribution is -2.41. The summed E-state index contributed by atoms with van der Waals surface area (Å²) in [5, 5.41) is 0. The summed E-state index contributed by atoms with van der Waals surface area (Å²) < 4.78 is 13.2. The molecule has 5 aromatic rings. The van der Waals surface area contributed by atoms with Gasteiger partial charge in [0.25, 0.3) is 0 Å². The molecule has 8 rings (SSSR count). The van der Waals surface area contributed by atoms with Crippen LogP contribution in [0.5, 0.6) is 11.6 Å². The number of anilines is 3. The third kappa shape index (κ3) is 4.71. The van der Waals surface area contributed by atoms with Crippen molar-refractivity contribution in [2.75, 3.05) is 4.90 Å². The smallest absolute Gasteiger partial charge is 0.219 e. The molecule has 6 nitrogen and oxygen atoms in total. The van der Waals surface area contributed by atoms with E-state index in [9.17, 15) is 0 Å². The quantitative estimate of drug-likeness (QED) is 0.194. The first kappa shape index (κ1) is 31.3. The second-order valence-electron chi connectivity index (χ2n) is 15.8. The number of para-hydroxylation sites is 1. The van der Waals surface area contributed by atoms with Gasteiger partial charge in [-0.2, -0.15) is 0 Å². The Morgan fingerprint density at radius 3 is 2.31 bits per heavy atom. The second-order valence-corrected chi connectivity index (χ2v) is 15.8. The van der Waals surface area contributed by atoms with Crippen LogP contribution in [0.2, 0.25) is 0 Å². The molecule has 3 aromatic carbocycles. The number of nitrogens with zero attached hydrogens (tertiary/aromatic N) is 4. The largest absolute Gasteiger partial charge is 0.468 e. The number of rotatable bonds is 4. The number of aromatic nitrogens is 2. The lowest BCUT2D eigenvalue weighted by atomic mass is 9.73. The van der Waals surface area contributed by atoms with Crippen LogP contribution in [0.15, 0.2) is 96.2 Å². The van der Waals surface area contributed by atoms with Gasteiger partial charge in [0.15, 0.2) is 0 Å². The zero-order valence-electron chi connectivity index (χ0n) is 30.0. The molecule has 0 N–H and O–H groups in total. The number of hydrogen-bond donors (Lipinski definition) is 0. The van der Waals surface area contributed by atoms with Gasteiger partial charge >= 0.3 is 0 Å². The minimum atomic E-state index is -0.468. The number of ether oxygens (including phenoxy) is 2. The third-order valence-electron chi connectivity index (χ3n) is 11.3. The lowest BCUT2D eigenvalue weighted by Gasteiger charge is -2.41. The summed E-state index contributed by atoms with van der Waals surface area (Å²) in [5.41, 5.74) is 10.8. The second kappa shape index (κ2) is 10.5. The van der Waals surface area contributed by atoms with E-state index in [1.165, 1.54) is 38.9 Å². The number of pyridine rings is 2. The van der Waals surface area contributed by atoms with Gasteiger partial charge in [-0.15, -0.1) is 0 Å². The van der Waals surface area contributed by atoms with Crippen molar-refractivity contribution in [1.29, 1.82) is 0 Å². The molecule has 0 saturated carbocycles. The molecule has 248 valence electrons. The molecule has 1 aliphatic carbocycles. The molecule has 0 radical (unpaired) electrons. The first-order valence-corrected chi connectivity index (χ1v) is 17.2. The first-order chi connectivity index (χ1) is 23.2. The van der Waals surface area contributed by atoms with Gasteiger partial charge in [-0.3, -0.25) is 4.90 Å². The minimum Gasteiger partial charge on any atom is -0.468 e. The normalized spacial score (nSPS) is 21.7. The van der Waals surface area contributed by atoms with Crippen molar-refractivity contribution < 1.29 is 9.47 Å². The number of fused-ring (bicyclic) bond motifs is 5. The average Bonchev–Trinajstić information content (AvgIpc) is 3.45. The zero-order chi connectivity index (χ0) is 34.5. The summed E-state index contributed by atoms with van der Waals surface area (Å²) in [5.74, 6) is 2.68. The SMILES string of the molecule is Cc1ccc2c(c1C)C[C@]1(C)OC(c3ccnc(Oc4ccc5c(c4)N(c4cc(C(C)(C)C)ccn4)c4ccccc4C5(C)C)c3)=N[C@]21C. The zero-order valence-corrected chi connectivity index (χ0v) is 30.0. The van der Waals surface area contributed by atoms with E-state index in [-0.39, 0.29) is 10.8 Å². The molecule has 3 aliphatic rings. The Hall–Kier alpha value is -4.97. The molecule has 0 unspecified atom stereocenters. The van der Waals surface area contributed by atoms with E-state index in [1.807, 2.05) is 24.4 Å². The molecule has 0 bridgehead atoms. The Morgan fingerprint density at radius 2 is 1.51 bits per heavy atom. The van der Waals surface area contributed by atoms with Crippen molar-refractivity contribution in [3.63, 3.8) is 0 Å². The third-order valence-corrected chi connectivity index (χ3v) is 11.3. The molecule has 49 heavy (non-hydrogen) atoms. The van der Waals surface area contributed by atoms with Crippen LogP contribution in [-0.4, -0.2) is 21.5 Å². The maximum atomic E-state index is 6.72. The summed E-state index contributed by atoms with van der Waals surface area (Å²) in [6.45, 7) is 20.0. The first-order valence-electron chi connectivity index (χ1n) is 17.2. The van der Waals surface area contributed by atoms with Crippen molar-refractivity contribution in [2.45, 2.75) is 90.7 Å². The van der Waals surface area contributed by atoms with Gasteiger partial charge in [-0.1, -0.05) is 71.0 Å². The lowest BCUT2D eigenvalue weighted by molar-refractivity contribution is 0.0475. The highest BCUT2D eigenvalue weighted by Crippen LogP contribution is 2.55. The summed E-state index contributed by atoms with van der Waals surface area (Å²) in [6, 6.07) is 27.6.